The first-order chi connectivity index (χ1) is 9.49. The average molecular weight is 318 g/mol. The predicted octanol–water partition coefficient (Wildman–Crippen LogP) is 2.28. The van der Waals surface area contributed by atoms with E-state index >= 15 is 0 Å². The highest BCUT2D eigenvalue weighted by molar-refractivity contribution is 7.99. The first-order valence-corrected chi connectivity index (χ1v) is 7.32. The van der Waals surface area contributed by atoms with Crippen molar-refractivity contribution in [2.24, 2.45) is 0 Å². The number of benzene rings is 1. The number of hydrogen-bond acceptors (Lipinski definition) is 4. The van der Waals surface area contributed by atoms with E-state index in [0.29, 0.717) is 10.6 Å². The molecule has 0 aromatic heterocycles. The number of methoxy groups -OCH3 is 1. The summed E-state index contributed by atoms with van der Waals surface area (Å²) >= 11 is 7.41. The zero-order valence-corrected chi connectivity index (χ0v) is 12.8. The van der Waals surface area contributed by atoms with Crippen LogP contribution < -0.4 is 5.32 Å². The minimum atomic E-state index is -1.12. The van der Waals surface area contributed by atoms with Crippen molar-refractivity contribution in [3.8, 4) is 0 Å². The minimum Gasteiger partial charge on any atom is -0.479 e. The number of rotatable bonds is 7. The fraction of sp³-hybridized carbons (Fsp3) is 0.385. The molecule has 0 aliphatic heterocycles. The van der Waals surface area contributed by atoms with Gasteiger partial charge in [0, 0.05) is 17.0 Å². The molecule has 110 valence electrons. The lowest BCUT2D eigenvalue weighted by Crippen LogP contribution is -2.38. The van der Waals surface area contributed by atoms with Gasteiger partial charge in [-0.3, -0.25) is 4.79 Å². The number of halogens is 1. The van der Waals surface area contributed by atoms with E-state index in [2.05, 4.69) is 5.32 Å². The maximum Gasteiger partial charge on any atom is 0.334 e. The van der Waals surface area contributed by atoms with E-state index in [1.807, 2.05) is 6.92 Å². The molecule has 1 rings (SSSR count). The van der Waals surface area contributed by atoms with Gasteiger partial charge < -0.3 is 15.2 Å². The quantitative estimate of drug-likeness (QED) is 0.755. The molecule has 0 radical (unpaired) electrons. The lowest BCUT2D eigenvalue weighted by molar-refractivity contribution is -0.148. The van der Waals surface area contributed by atoms with Gasteiger partial charge in [-0.05, 0) is 24.0 Å². The van der Waals surface area contributed by atoms with Gasteiger partial charge in [-0.2, -0.15) is 0 Å². The molecule has 0 bridgehead atoms. The van der Waals surface area contributed by atoms with Crippen LogP contribution >= 0.6 is 23.4 Å². The second kappa shape index (κ2) is 8.14. The van der Waals surface area contributed by atoms with Crippen molar-refractivity contribution in [3.63, 3.8) is 0 Å². The Labute approximate surface area is 126 Å². The van der Waals surface area contributed by atoms with Gasteiger partial charge in [0.1, 0.15) is 0 Å². The Balaban J connectivity index is 2.81. The van der Waals surface area contributed by atoms with Crippen molar-refractivity contribution in [2.75, 3.05) is 19.4 Å². The van der Waals surface area contributed by atoms with Crippen LogP contribution in [-0.2, 0) is 9.53 Å². The van der Waals surface area contributed by atoms with Crippen LogP contribution in [0.2, 0.25) is 5.02 Å². The molecule has 0 fully saturated rings. The molecule has 1 aromatic rings. The molecule has 0 heterocycles. The summed E-state index contributed by atoms with van der Waals surface area (Å²) in [5.74, 6) is -0.675. The van der Waals surface area contributed by atoms with Gasteiger partial charge in [0.15, 0.2) is 6.10 Å². The summed E-state index contributed by atoms with van der Waals surface area (Å²) < 4.78 is 4.75. The number of carbonyl (C=O) groups excluding carboxylic acids is 1. The van der Waals surface area contributed by atoms with Crippen molar-refractivity contribution in [2.45, 2.75) is 17.9 Å². The summed E-state index contributed by atoms with van der Waals surface area (Å²) in [5, 5.41) is 11.8. The fourth-order valence-corrected chi connectivity index (χ4v) is 2.47. The van der Waals surface area contributed by atoms with Crippen LogP contribution in [0.1, 0.15) is 17.3 Å². The molecule has 0 spiro atoms. The van der Waals surface area contributed by atoms with Crippen molar-refractivity contribution < 1.29 is 19.4 Å². The minimum absolute atomic E-state index is 0.104. The Morgan fingerprint density at radius 2 is 2.20 bits per heavy atom. The topological polar surface area (TPSA) is 75.6 Å². The Morgan fingerprint density at radius 1 is 1.50 bits per heavy atom. The molecular weight excluding hydrogens is 302 g/mol. The standard InChI is InChI=1S/C13H16ClNO4S/c1-3-20-11-5-4-8(14)6-9(11)12(16)15-7-10(19-2)13(17)18/h4-6,10H,3,7H2,1-2H3,(H,15,16)(H,17,18). The number of hydrogen-bond donors (Lipinski definition) is 2. The van der Waals surface area contributed by atoms with Gasteiger partial charge in [-0.15, -0.1) is 11.8 Å². The summed E-state index contributed by atoms with van der Waals surface area (Å²) in [6.45, 7) is 1.87. The zero-order chi connectivity index (χ0) is 15.1. The van der Waals surface area contributed by atoms with Crippen LogP contribution in [0, 0.1) is 0 Å². The first-order valence-electron chi connectivity index (χ1n) is 5.95. The number of nitrogens with one attached hydrogen (secondary N) is 1. The van der Waals surface area contributed by atoms with Crippen molar-refractivity contribution in [1.29, 1.82) is 0 Å². The average Bonchev–Trinajstić information content (AvgIpc) is 2.41. The monoisotopic (exact) mass is 317 g/mol. The zero-order valence-electron chi connectivity index (χ0n) is 11.2. The number of carboxylic acid groups (broad SMARTS) is 1. The number of carboxylic acids is 1. The van der Waals surface area contributed by atoms with E-state index in [1.54, 1.807) is 18.2 Å². The largest absolute Gasteiger partial charge is 0.479 e. The summed E-state index contributed by atoms with van der Waals surface area (Å²) in [6, 6.07) is 5.05. The fourth-order valence-electron chi connectivity index (χ4n) is 1.51. The lowest BCUT2D eigenvalue weighted by Gasteiger charge is -2.13. The summed E-state index contributed by atoms with van der Waals surface area (Å²) in [7, 11) is 1.28. The molecule has 7 heteroatoms. The van der Waals surface area contributed by atoms with Crippen LogP contribution in [0.25, 0.3) is 0 Å². The van der Waals surface area contributed by atoms with E-state index in [0.717, 1.165) is 10.6 Å². The number of thioether (sulfide) groups is 1. The SMILES string of the molecule is CCSc1ccc(Cl)cc1C(=O)NCC(OC)C(=O)O. The molecule has 1 atom stereocenters. The predicted molar refractivity (Wildman–Crippen MR) is 78.6 cm³/mol. The van der Waals surface area contributed by atoms with Gasteiger partial charge in [0.05, 0.1) is 12.1 Å². The molecule has 1 unspecified atom stereocenters. The second-order valence-electron chi connectivity index (χ2n) is 3.85. The van der Waals surface area contributed by atoms with Crippen LogP contribution in [-0.4, -0.2) is 42.5 Å². The molecule has 0 saturated carbocycles. The molecule has 0 aliphatic carbocycles. The molecule has 0 saturated heterocycles. The smallest absolute Gasteiger partial charge is 0.334 e. The van der Waals surface area contributed by atoms with E-state index in [1.165, 1.54) is 18.9 Å². The normalized spacial score (nSPS) is 11.9. The summed E-state index contributed by atoms with van der Waals surface area (Å²) in [6.07, 6.45) is -1.07. The number of aliphatic carboxylic acids is 1. The Kier molecular flexibility index (Phi) is 6.84. The van der Waals surface area contributed by atoms with E-state index in [-0.39, 0.29) is 12.5 Å². The highest BCUT2D eigenvalue weighted by atomic mass is 35.5. The van der Waals surface area contributed by atoms with Crippen molar-refractivity contribution in [3.05, 3.63) is 28.8 Å². The third kappa shape index (κ3) is 4.70. The number of amides is 1. The Morgan fingerprint density at radius 3 is 2.75 bits per heavy atom. The van der Waals surface area contributed by atoms with E-state index in [4.69, 9.17) is 21.4 Å². The Hall–Kier alpha value is -1.24. The van der Waals surface area contributed by atoms with Crippen LogP contribution in [0.5, 0.6) is 0 Å². The van der Waals surface area contributed by atoms with Gasteiger partial charge in [0.2, 0.25) is 0 Å². The van der Waals surface area contributed by atoms with Crippen LogP contribution in [0.4, 0.5) is 0 Å². The van der Waals surface area contributed by atoms with Crippen LogP contribution in [0.15, 0.2) is 23.1 Å². The van der Waals surface area contributed by atoms with Crippen molar-refractivity contribution >= 4 is 35.2 Å². The van der Waals surface area contributed by atoms with Gasteiger partial charge in [0.25, 0.3) is 5.91 Å². The summed E-state index contributed by atoms with van der Waals surface area (Å²) in [5.41, 5.74) is 0.435. The van der Waals surface area contributed by atoms with Gasteiger partial charge in [-0.25, -0.2) is 4.79 Å². The highest BCUT2D eigenvalue weighted by Gasteiger charge is 2.19. The molecule has 2 N–H and O–H groups in total. The third-order valence-electron chi connectivity index (χ3n) is 2.49. The third-order valence-corrected chi connectivity index (χ3v) is 3.68. The van der Waals surface area contributed by atoms with Gasteiger partial charge >= 0.3 is 5.97 Å². The molecule has 20 heavy (non-hydrogen) atoms. The molecule has 1 aromatic carbocycles. The number of carbonyl (C=O) groups is 2. The van der Waals surface area contributed by atoms with Gasteiger partial charge in [-0.1, -0.05) is 18.5 Å². The number of ether oxygens (including phenoxy) is 1. The van der Waals surface area contributed by atoms with E-state index < -0.39 is 12.1 Å². The Bertz CT molecular complexity index is 495. The second-order valence-corrected chi connectivity index (χ2v) is 5.59. The maximum absolute atomic E-state index is 12.1. The van der Waals surface area contributed by atoms with Crippen molar-refractivity contribution in [1.82, 2.24) is 5.32 Å². The maximum atomic E-state index is 12.1. The summed E-state index contributed by atoms with van der Waals surface area (Å²) in [4.78, 5) is 23.7. The molecule has 0 aliphatic rings. The van der Waals surface area contributed by atoms with Crippen LogP contribution in [0.3, 0.4) is 0 Å². The molecule has 5 nitrogen and oxygen atoms in total. The molecule has 1 amide bonds. The molecular formula is C13H16ClNO4S. The lowest BCUT2D eigenvalue weighted by atomic mass is 10.2. The van der Waals surface area contributed by atoms with E-state index in [9.17, 15) is 9.59 Å². The highest BCUT2D eigenvalue weighted by Crippen LogP contribution is 2.25. The first kappa shape index (κ1) is 16.8.